The molecule has 0 aliphatic heterocycles. The summed E-state index contributed by atoms with van der Waals surface area (Å²) in [5.41, 5.74) is -4.18. The minimum absolute atomic E-state index is 0.367. The monoisotopic (exact) mass is 463 g/mol. The Morgan fingerprint density at radius 3 is 2.00 bits per heavy atom. The first-order valence-corrected chi connectivity index (χ1v) is 8.77. The molecule has 7 nitrogen and oxygen atoms in total. The summed E-state index contributed by atoms with van der Waals surface area (Å²) in [4.78, 5) is 7.39. The van der Waals surface area contributed by atoms with Crippen LogP contribution in [-0.4, -0.2) is 20.5 Å². The highest BCUT2D eigenvalue weighted by molar-refractivity contribution is 7.86. The predicted octanol–water partition coefficient (Wildman–Crippen LogP) is 4.08. The maximum absolute atomic E-state index is 14.0. The van der Waals surface area contributed by atoms with Gasteiger partial charge in [0.25, 0.3) is 5.69 Å². The minimum atomic E-state index is -5.77. The number of benzene rings is 2. The van der Waals surface area contributed by atoms with Crippen LogP contribution in [0.15, 0.2) is 23.1 Å². The Morgan fingerprint density at radius 2 is 1.57 bits per heavy atom. The van der Waals surface area contributed by atoms with Crippen LogP contribution in [-0.2, 0) is 27.1 Å². The zero-order chi connectivity index (χ0) is 23.0. The second kappa shape index (κ2) is 8.06. The summed E-state index contributed by atoms with van der Waals surface area (Å²) in [5, 5.41) is 11.0. The van der Waals surface area contributed by atoms with E-state index in [1.807, 2.05) is 0 Å². The molecule has 2 aromatic rings. The average molecular weight is 463 g/mol. The number of nitro groups is 1. The summed E-state index contributed by atoms with van der Waals surface area (Å²) in [7, 11) is -5.15. The molecule has 0 amide bonds. The van der Waals surface area contributed by atoms with Crippen molar-refractivity contribution in [2.75, 3.05) is 7.11 Å². The largest absolute Gasteiger partial charge is 0.491 e. The van der Waals surface area contributed by atoms with Crippen LogP contribution in [0, 0.1) is 33.4 Å². The SMILES string of the molecule is COc1c(F)c(F)c(S(=O)(=O)OCc2c([N+](=O)[O-])cccc2C(F)(F)F)c(F)c1F. The molecular formula is C15H8F7NO6S. The quantitative estimate of drug-likeness (QED) is 0.211. The minimum Gasteiger partial charge on any atom is -0.491 e. The van der Waals surface area contributed by atoms with Crippen LogP contribution in [0.2, 0.25) is 0 Å². The van der Waals surface area contributed by atoms with Crippen LogP contribution >= 0.6 is 0 Å². The Labute approximate surface area is 162 Å². The number of methoxy groups -OCH3 is 1. The number of hydrogen-bond donors (Lipinski definition) is 0. The van der Waals surface area contributed by atoms with Gasteiger partial charge in [0.1, 0.15) is 0 Å². The van der Waals surface area contributed by atoms with E-state index in [2.05, 4.69) is 8.92 Å². The van der Waals surface area contributed by atoms with Crippen molar-refractivity contribution in [1.82, 2.24) is 0 Å². The van der Waals surface area contributed by atoms with Crippen molar-refractivity contribution in [3.05, 3.63) is 62.7 Å². The number of ether oxygens (including phenoxy) is 1. The molecular weight excluding hydrogens is 455 g/mol. The Balaban J connectivity index is 2.58. The first-order chi connectivity index (χ1) is 13.7. The molecule has 0 radical (unpaired) electrons. The lowest BCUT2D eigenvalue weighted by molar-refractivity contribution is -0.386. The lowest BCUT2D eigenvalue weighted by atomic mass is 10.1. The highest BCUT2D eigenvalue weighted by Gasteiger charge is 2.39. The van der Waals surface area contributed by atoms with E-state index in [0.717, 1.165) is 0 Å². The van der Waals surface area contributed by atoms with Crippen LogP contribution in [0.3, 0.4) is 0 Å². The maximum Gasteiger partial charge on any atom is 0.417 e. The van der Waals surface area contributed by atoms with Gasteiger partial charge < -0.3 is 4.74 Å². The second-order valence-electron chi connectivity index (χ2n) is 5.39. The molecule has 0 aromatic heterocycles. The van der Waals surface area contributed by atoms with Gasteiger partial charge in [0.2, 0.25) is 11.6 Å². The number of halogens is 7. The third-order valence-corrected chi connectivity index (χ3v) is 4.94. The molecule has 0 aliphatic rings. The van der Waals surface area contributed by atoms with Gasteiger partial charge in [-0.25, -0.2) is 8.78 Å². The van der Waals surface area contributed by atoms with Gasteiger partial charge in [0.05, 0.1) is 29.8 Å². The molecule has 0 atom stereocenters. The molecule has 0 heterocycles. The molecule has 0 fully saturated rings. The molecule has 2 rings (SSSR count). The zero-order valence-corrected chi connectivity index (χ0v) is 15.2. The molecule has 15 heteroatoms. The van der Waals surface area contributed by atoms with Gasteiger partial charge in [-0.3, -0.25) is 14.3 Å². The summed E-state index contributed by atoms with van der Waals surface area (Å²) in [6.45, 7) is -1.72. The van der Waals surface area contributed by atoms with E-state index in [4.69, 9.17) is 0 Å². The van der Waals surface area contributed by atoms with E-state index in [-0.39, 0.29) is 0 Å². The van der Waals surface area contributed by atoms with Crippen molar-refractivity contribution in [2.24, 2.45) is 0 Å². The number of nitrogens with zero attached hydrogens (tertiary/aromatic N) is 1. The van der Waals surface area contributed by atoms with E-state index in [1.165, 1.54) is 0 Å². The summed E-state index contributed by atoms with van der Waals surface area (Å²) >= 11 is 0. The third kappa shape index (κ3) is 4.16. The number of rotatable bonds is 6. The molecule has 0 saturated carbocycles. The first kappa shape index (κ1) is 23.3. The van der Waals surface area contributed by atoms with E-state index < -0.39 is 78.6 Å². The summed E-state index contributed by atoms with van der Waals surface area (Å²) in [6, 6.07) is 1.62. The predicted molar refractivity (Wildman–Crippen MR) is 82.9 cm³/mol. The van der Waals surface area contributed by atoms with Crippen LogP contribution in [0.5, 0.6) is 5.75 Å². The molecule has 0 N–H and O–H groups in total. The molecule has 164 valence electrons. The Hall–Kier alpha value is -2.94. The van der Waals surface area contributed by atoms with Crippen molar-refractivity contribution < 1.29 is 53.0 Å². The molecule has 0 saturated heterocycles. The van der Waals surface area contributed by atoms with Crippen LogP contribution in [0.4, 0.5) is 36.4 Å². The highest BCUT2D eigenvalue weighted by Crippen LogP contribution is 2.38. The van der Waals surface area contributed by atoms with Gasteiger partial charge in [-0.2, -0.15) is 30.4 Å². The fourth-order valence-electron chi connectivity index (χ4n) is 2.35. The van der Waals surface area contributed by atoms with E-state index in [1.54, 1.807) is 0 Å². The van der Waals surface area contributed by atoms with Gasteiger partial charge in [-0.15, -0.1) is 0 Å². The fraction of sp³-hybridized carbons (Fsp3) is 0.200. The van der Waals surface area contributed by atoms with Crippen molar-refractivity contribution in [1.29, 1.82) is 0 Å². The molecule has 0 bridgehead atoms. The Morgan fingerprint density at radius 1 is 1.03 bits per heavy atom. The normalized spacial score (nSPS) is 12.1. The maximum atomic E-state index is 14.0. The molecule has 0 spiro atoms. The summed E-state index contributed by atoms with van der Waals surface area (Å²) in [5.74, 6) is -11.0. The average Bonchev–Trinajstić information content (AvgIpc) is 2.64. The molecule has 2 aromatic carbocycles. The third-order valence-electron chi connectivity index (χ3n) is 3.65. The van der Waals surface area contributed by atoms with Crippen molar-refractivity contribution in [3.8, 4) is 5.75 Å². The lowest BCUT2D eigenvalue weighted by Gasteiger charge is -2.14. The molecule has 0 aliphatic carbocycles. The van der Waals surface area contributed by atoms with Gasteiger partial charge in [-0.1, -0.05) is 6.07 Å². The number of nitro benzene ring substituents is 1. The van der Waals surface area contributed by atoms with Gasteiger partial charge in [-0.05, 0) is 6.07 Å². The van der Waals surface area contributed by atoms with E-state index in [9.17, 15) is 49.3 Å². The lowest BCUT2D eigenvalue weighted by Crippen LogP contribution is -2.17. The fourth-order valence-corrected chi connectivity index (χ4v) is 3.36. The molecule has 30 heavy (non-hydrogen) atoms. The number of alkyl halides is 3. The first-order valence-electron chi connectivity index (χ1n) is 7.36. The topological polar surface area (TPSA) is 95.7 Å². The standard InChI is InChI=1S/C15H8F7NO6S/c1-28-13-9(16)11(18)14(12(19)10(13)17)30(26,27)29-5-6-7(15(20,21)22)3-2-4-8(6)23(24)25/h2-4H,5H2,1H3. The van der Waals surface area contributed by atoms with Crippen molar-refractivity contribution in [3.63, 3.8) is 0 Å². The van der Waals surface area contributed by atoms with Gasteiger partial charge in [0.15, 0.2) is 22.3 Å². The number of hydrogen-bond acceptors (Lipinski definition) is 6. The molecule has 0 unspecified atom stereocenters. The Kier molecular flexibility index (Phi) is 6.27. The van der Waals surface area contributed by atoms with Crippen molar-refractivity contribution >= 4 is 15.8 Å². The van der Waals surface area contributed by atoms with Crippen LogP contribution in [0.25, 0.3) is 0 Å². The smallest absolute Gasteiger partial charge is 0.417 e. The zero-order valence-electron chi connectivity index (χ0n) is 14.4. The van der Waals surface area contributed by atoms with Crippen LogP contribution in [0.1, 0.15) is 11.1 Å². The van der Waals surface area contributed by atoms with Crippen molar-refractivity contribution in [2.45, 2.75) is 17.7 Å². The van der Waals surface area contributed by atoms with Gasteiger partial charge >= 0.3 is 16.3 Å². The van der Waals surface area contributed by atoms with E-state index in [0.29, 0.717) is 25.3 Å². The second-order valence-corrected chi connectivity index (χ2v) is 6.94. The Bertz CT molecular complexity index is 1090. The van der Waals surface area contributed by atoms with Crippen LogP contribution < -0.4 is 4.74 Å². The van der Waals surface area contributed by atoms with Gasteiger partial charge in [0, 0.05) is 6.07 Å². The summed E-state index contributed by atoms with van der Waals surface area (Å²) in [6.07, 6.45) is -5.19. The summed E-state index contributed by atoms with van der Waals surface area (Å²) < 4.78 is 127. The highest BCUT2D eigenvalue weighted by atomic mass is 32.2. The van der Waals surface area contributed by atoms with E-state index >= 15 is 0 Å².